The normalized spacial score (nSPS) is 10.7. The van der Waals surface area contributed by atoms with Crippen LogP contribution in [-0.4, -0.2) is 20.9 Å². The molecule has 4 nitrogen and oxygen atoms in total. The number of aromatic nitrogens is 2. The zero-order valence-corrected chi connectivity index (χ0v) is 11.6. The fourth-order valence-corrected chi connectivity index (χ4v) is 2.32. The summed E-state index contributed by atoms with van der Waals surface area (Å²) in [6.45, 7) is 4.31. The third-order valence-corrected chi connectivity index (χ3v) is 3.32. The van der Waals surface area contributed by atoms with Crippen LogP contribution in [-0.2, 0) is 17.8 Å². The Balaban J connectivity index is 2.29. The Morgan fingerprint density at radius 2 is 2.16 bits per heavy atom. The van der Waals surface area contributed by atoms with Crippen LogP contribution in [0.15, 0.2) is 24.3 Å². The van der Waals surface area contributed by atoms with E-state index in [1.165, 1.54) is 0 Å². The zero-order chi connectivity index (χ0) is 14.0. The van der Waals surface area contributed by atoms with Crippen LogP contribution in [0, 0.1) is 13.8 Å². The fraction of sp³-hybridized carbons (Fsp3) is 0.286. The summed E-state index contributed by atoms with van der Waals surface area (Å²) in [4.78, 5) is 10.8. The van der Waals surface area contributed by atoms with Gasteiger partial charge in [0.25, 0.3) is 0 Å². The number of carboxylic acids is 1. The van der Waals surface area contributed by atoms with Crippen molar-refractivity contribution in [2.45, 2.75) is 26.8 Å². The molecule has 100 valence electrons. The monoisotopic (exact) mass is 278 g/mol. The molecule has 0 aliphatic carbocycles. The average molecular weight is 279 g/mol. The first-order valence-corrected chi connectivity index (χ1v) is 6.34. The van der Waals surface area contributed by atoms with Crippen LogP contribution in [0.4, 0.5) is 0 Å². The number of hydrogen-bond acceptors (Lipinski definition) is 2. The fourth-order valence-electron chi connectivity index (χ4n) is 2.10. The van der Waals surface area contributed by atoms with Crippen molar-refractivity contribution in [3.8, 4) is 0 Å². The van der Waals surface area contributed by atoms with Crippen LogP contribution in [0.5, 0.6) is 0 Å². The quantitative estimate of drug-likeness (QED) is 0.936. The summed E-state index contributed by atoms with van der Waals surface area (Å²) in [7, 11) is 0. The Morgan fingerprint density at radius 1 is 1.42 bits per heavy atom. The highest BCUT2D eigenvalue weighted by Crippen LogP contribution is 2.17. The van der Waals surface area contributed by atoms with Gasteiger partial charge in [-0.15, -0.1) is 0 Å². The number of aryl methyl sites for hydroxylation is 1. The lowest BCUT2D eigenvalue weighted by atomic mass is 10.1. The first-order valence-electron chi connectivity index (χ1n) is 5.96. The van der Waals surface area contributed by atoms with Crippen molar-refractivity contribution in [2.24, 2.45) is 0 Å². The molecule has 1 aromatic carbocycles. The number of hydrogen-bond donors (Lipinski definition) is 1. The highest BCUT2D eigenvalue weighted by atomic mass is 35.5. The van der Waals surface area contributed by atoms with Crippen LogP contribution in [0.1, 0.15) is 22.5 Å². The van der Waals surface area contributed by atoms with E-state index in [0.717, 1.165) is 22.5 Å². The molecular formula is C14H15ClN2O2. The molecule has 2 aromatic rings. The summed E-state index contributed by atoms with van der Waals surface area (Å²) in [5, 5.41) is 14.0. The maximum atomic E-state index is 10.8. The van der Waals surface area contributed by atoms with E-state index >= 15 is 0 Å². The topological polar surface area (TPSA) is 55.1 Å². The largest absolute Gasteiger partial charge is 0.481 e. The van der Waals surface area contributed by atoms with Crippen molar-refractivity contribution in [1.29, 1.82) is 0 Å². The molecule has 5 heteroatoms. The second-order valence-corrected chi connectivity index (χ2v) is 4.94. The second kappa shape index (κ2) is 5.45. The van der Waals surface area contributed by atoms with Gasteiger partial charge >= 0.3 is 5.97 Å². The van der Waals surface area contributed by atoms with Gasteiger partial charge in [-0.2, -0.15) is 5.10 Å². The van der Waals surface area contributed by atoms with Gasteiger partial charge in [-0.1, -0.05) is 23.7 Å². The summed E-state index contributed by atoms with van der Waals surface area (Å²) in [5.74, 6) is -0.839. The van der Waals surface area contributed by atoms with Gasteiger partial charge in [-0.3, -0.25) is 9.48 Å². The van der Waals surface area contributed by atoms with Crippen molar-refractivity contribution in [3.05, 3.63) is 51.8 Å². The summed E-state index contributed by atoms with van der Waals surface area (Å²) in [5.41, 5.74) is 3.48. The Hall–Kier alpha value is -1.81. The highest BCUT2D eigenvalue weighted by molar-refractivity contribution is 6.30. The molecule has 0 atom stereocenters. The number of carbonyl (C=O) groups is 1. The number of benzene rings is 1. The third-order valence-electron chi connectivity index (χ3n) is 3.08. The maximum Gasteiger partial charge on any atom is 0.307 e. The van der Waals surface area contributed by atoms with Crippen LogP contribution in [0.2, 0.25) is 5.02 Å². The standard InChI is InChI=1S/C14H15ClN2O2/c1-9-13(7-14(18)19)10(2)17(16-9)8-11-4-3-5-12(15)6-11/h3-6H,7-8H2,1-2H3,(H,18,19). The van der Waals surface area contributed by atoms with E-state index in [1.807, 2.05) is 42.8 Å². The van der Waals surface area contributed by atoms with E-state index in [2.05, 4.69) is 5.10 Å². The van der Waals surface area contributed by atoms with Gasteiger partial charge in [0.05, 0.1) is 18.7 Å². The molecule has 0 fully saturated rings. The maximum absolute atomic E-state index is 10.8. The lowest BCUT2D eigenvalue weighted by molar-refractivity contribution is -0.136. The molecule has 1 N–H and O–H groups in total. The number of aliphatic carboxylic acids is 1. The van der Waals surface area contributed by atoms with Crippen LogP contribution in [0.25, 0.3) is 0 Å². The Bertz CT molecular complexity index is 620. The second-order valence-electron chi connectivity index (χ2n) is 4.51. The Labute approximate surface area is 116 Å². The molecule has 2 rings (SSSR count). The average Bonchev–Trinajstić information content (AvgIpc) is 2.57. The van der Waals surface area contributed by atoms with Crippen LogP contribution in [0.3, 0.4) is 0 Å². The van der Waals surface area contributed by atoms with E-state index in [-0.39, 0.29) is 6.42 Å². The lowest BCUT2D eigenvalue weighted by Crippen LogP contribution is -2.06. The molecule has 0 bridgehead atoms. The molecule has 0 spiro atoms. The first kappa shape index (κ1) is 13.6. The van der Waals surface area contributed by atoms with Crippen molar-refractivity contribution in [1.82, 2.24) is 9.78 Å². The van der Waals surface area contributed by atoms with Crippen molar-refractivity contribution in [3.63, 3.8) is 0 Å². The van der Waals surface area contributed by atoms with E-state index in [1.54, 1.807) is 0 Å². The van der Waals surface area contributed by atoms with Gasteiger partial charge in [0.15, 0.2) is 0 Å². The third kappa shape index (κ3) is 3.15. The van der Waals surface area contributed by atoms with Gasteiger partial charge < -0.3 is 5.11 Å². The van der Waals surface area contributed by atoms with E-state index in [0.29, 0.717) is 11.6 Å². The number of rotatable bonds is 4. The molecule has 0 saturated carbocycles. The predicted octanol–water partition coefficient (Wildman–Crippen LogP) is 2.83. The molecule has 0 radical (unpaired) electrons. The lowest BCUT2D eigenvalue weighted by Gasteiger charge is -2.05. The summed E-state index contributed by atoms with van der Waals surface area (Å²) in [6.07, 6.45) is 0.00716. The summed E-state index contributed by atoms with van der Waals surface area (Å²) < 4.78 is 1.82. The summed E-state index contributed by atoms with van der Waals surface area (Å²) in [6, 6.07) is 7.57. The number of halogens is 1. The smallest absolute Gasteiger partial charge is 0.307 e. The van der Waals surface area contributed by atoms with E-state index in [9.17, 15) is 4.79 Å². The molecule has 0 aliphatic heterocycles. The summed E-state index contributed by atoms with van der Waals surface area (Å²) >= 11 is 5.95. The first-order chi connectivity index (χ1) is 8.97. The van der Waals surface area contributed by atoms with Gasteiger partial charge in [0.2, 0.25) is 0 Å². The minimum absolute atomic E-state index is 0.00716. The minimum Gasteiger partial charge on any atom is -0.481 e. The molecule has 1 aromatic heterocycles. The van der Waals surface area contributed by atoms with Crippen LogP contribution < -0.4 is 0 Å². The SMILES string of the molecule is Cc1nn(Cc2cccc(Cl)c2)c(C)c1CC(=O)O. The van der Waals surface area contributed by atoms with Crippen molar-refractivity contribution >= 4 is 17.6 Å². The predicted molar refractivity (Wildman–Crippen MR) is 73.6 cm³/mol. The van der Waals surface area contributed by atoms with Gasteiger partial charge in [-0.25, -0.2) is 0 Å². The Morgan fingerprint density at radius 3 is 2.79 bits per heavy atom. The van der Waals surface area contributed by atoms with Gasteiger partial charge in [0.1, 0.15) is 0 Å². The highest BCUT2D eigenvalue weighted by Gasteiger charge is 2.14. The molecule has 0 unspecified atom stereocenters. The minimum atomic E-state index is -0.839. The van der Waals surface area contributed by atoms with Crippen molar-refractivity contribution < 1.29 is 9.90 Å². The molecule has 0 aliphatic rings. The Kier molecular flexibility index (Phi) is 3.90. The number of carboxylic acid groups (broad SMARTS) is 1. The number of nitrogens with zero attached hydrogens (tertiary/aromatic N) is 2. The molecule has 0 amide bonds. The van der Waals surface area contributed by atoms with Gasteiger partial charge in [0, 0.05) is 16.3 Å². The molecule has 0 saturated heterocycles. The van der Waals surface area contributed by atoms with E-state index in [4.69, 9.17) is 16.7 Å². The van der Waals surface area contributed by atoms with Crippen LogP contribution >= 0.6 is 11.6 Å². The zero-order valence-electron chi connectivity index (χ0n) is 10.9. The van der Waals surface area contributed by atoms with Crippen molar-refractivity contribution in [2.75, 3.05) is 0 Å². The van der Waals surface area contributed by atoms with E-state index < -0.39 is 5.97 Å². The van der Waals surface area contributed by atoms with Gasteiger partial charge in [-0.05, 0) is 31.5 Å². The molecule has 19 heavy (non-hydrogen) atoms. The molecular weight excluding hydrogens is 264 g/mol. The molecule has 1 heterocycles.